The minimum atomic E-state index is 0.594. The van der Waals surface area contributed by atoms with Crippen LogP contribution in [-0.4, -0.2) is 14.4 Å². The van der Waals surface area contributed by atoms with Crippen LogP contribution in [0.4, 0.5) is 5.69 Å². The lowest BCUT2D eigenvalue weighted by Crippen LogP contribution is -2.01. The lowest BCUT2D eigenvalue weighted by molar-refractivity contribution is 0.484. The van der Waals surface area contributed by atoms with Gasteiger partial charge in [-0.1, -0.05) is 30.3 Å². The van der Waals surface area contributed by atoms with E-state index >= 15 is 0 Å². The van der Waals surface area contributed by atoms with Crippen molar-refractivity contribution >= 4 is 11.5 Å². The number of fused-ring (bicyclic) bond motifs is 1. The molecule has 0 aliphatic heterocycles. The zero-order valence-electron chi connectivity index (χ0n) is 14.8. The predicted octanol–water partition coefficient (Wildman–Crippen LogP) is 4.75. The number of rotatable bonds is 5. The van der Waals surface area contributed by atoms with E-state index in [2.05, 4.69) is 28.3 Å². The van der Waals surface area contributed by atoms with Gasteiger partial charge in [-0.15, -0.1) is 0 Å². The average Bonchev–Trinajstić information content (AvgIpc) is 3.05. The summed E-state index contributed by atoms with van der Waals surface area (Å²) in [4.78, 5) is 9.10. The van der Waals surface area contributed by atoms with Gasteiger partial charge in [-0.2, -0.15) is 0 Å². The molecule has 26 heavy (non-hydrogen) atoms. The van der Waals surface area contributed by atoms with Crippen molar-refractivity contribution in [3.63, 3.8) is 0 Å². The molecule has 0 aliphatic carbocycles. The molecule has 0 saturated heterocycles. The van der Waals surface area contributed by atoms with Crippen LogP contribution < -0.4 is 10.1 Å². The highest BCUT2D eigenvalue weighted by atomic mass is 16.5. The highest BCUT2D eigenvalue weighted by molar-refractivity contribution is 5.57. The van der Waals surface area contributed by atoms with Gasteiger partial charge in [-0.05, 0) is 44.2 Å². The second-order valence-electron chi connectivity index (χ2n) is 6.21. The molecule has 2 heterocycles. The van der Waals surface area contributed by atoms with Crippen molar-refractivity contribution in [2.45, 2.75) is 20.4 Å². The Morgan fingerprint density at radius 1 is 0.962 bits per heavy atom. The monoisotopic (exact) mass is 344 g/mol. The summed E-state index contributed by atoms with van der Waals surface area (Å²) in [6.45, 7) is 4.64. The van der Waals surface area contributed by atoms with Gasteiger partial charge in [0.2, 0.25) is 5.78 Å². The Balaban J connectivity index is 1.54. The molecular weight excluding hydrogens is 324 g/mol. The number of benzene rings is 2. The van der Waals surface area contributed by atoms with E-state index in [0.29, 0.717) is 6.54 Å². The summed E-state index contributed by atoms with van der Waals surface area (Å²) in [7, 11) is 0. The number of para-hydroxylation sites is 3. The van der Waals surface area contributed by atoms with Crippen LogP contribution in [0.2, 0.25) is 0 Å². The van der Waals surface area contributed by atoms with E-state index in [4.69, 9.17) is 4.74 Å². The number of anilines is 1. The molecule has 0 bridgehead atoms. The van der Waals surface area contributed by atoms with Crippen LogP contribution in [0, 0.1) is 13.8 Å². The van der Waals surface area contributed by atoms with Crippen LogP contribution in [0.25, 0.3) is 5.78 Å². The largest absolute Gasteiger partial charge is 0.455 e. The zero-order chi connectivity index (χ0) is 17.9. The average molecular weight is 344 g/mol. The molecular formula is C21H20N4O. The van der Waals surface area contributed by atoms with E-state index in [0.717, 1.165) is 40.0 Å². The van der Waals surface area contributed by atoms with Crippen LogP contribution in [0.3, 0.4) is 0 Å². The molecule has 0 spiro atoms. The van der Waals surface area contributed by atoms with Crippen LogP contribution in [-0.2, 0) is 6.54 Å². The summed E-state index contributed by atoms with van der Waals surface area (Å²) in [6, 6.07) is 19.7. The van der Waals surface area contributed by atoms with E-state index in [-0.39, 0.29) is 0 Å². The highest BCUT2D eigenvalue weighted by Gasteiger charge is 2.08. The van der Waals surface area contributed by atoms with Crippen molar-refractivity contribution < 1.29 is 4.74 Å². The number of hydrogen-bond donors (Lipinski definition) is 1. The number of ether oxygens (including phenoxy) is 1. The molecule has 0 saturated carbocycles. The third-order valence-corrected chi connectivity index (χ3v) is 4.13. The van der Waals surface area contributed by atoms with Crippen LogP contribution >= 0.6 is 0 Å². The minimum Gasteiger partial charge on any atom is -0.455 e. The number of hydrogen-bond acceptors (Lipinski definition) is 4. The van der Waals surface area contributed by atoms with E-state index in [1.54, 1.807) is 0 Å². The fourth-order valence-corrected chi connectivity index (χ4v) is 2.91. The summed E-state index contributed by atoms with van der Waals surface area (Å²) < 4.78 is 8.00. The first-order chi connectivity index (χ1) is 12.7. The van der Waals surface area contributed by atoms with E-state index in [1.165, 1.54) is 0 Å². The minimum absolute atomic E-state index is 0.594. The van der Waals surface area contributed by atoms with E-state index < -0.39 is 0 Å². The number of aromatic nitrogens is 3. The number of imidazole rings is 1. The van der Waals surface area contributed by atoms with Crippen molar-refractivity contribution in [3.8, 4) is 11.5 Å². The third kappa shape index (κ3) is 3.37. The Bertz CT molecular complexity index is 1040. The smallest absolute Gasteiger partial charge is 0.234 e. The summed E-state index contributed by atoms with van der Waals surface area (Å²) in [6.07, 6.45) is 2.02. The van der Waals surface area contributed by atoms with Gasteiger partial charge in [0.1, 0.15) is 5.75 Å². The molecule has 0 unspecified atom stereocenters. The van der Waals surface area contributed by atoms with Crippen molar-refractivity contribution in [2.24, 2.45) is 0 Å². The topological polar surface area (TPSA) is 51.5 Å². The molecule has 5 nitrogen and oxygen atoms in total. The van der Waals surface area contributed by atoms with Crippen molar-refractivity contribution in [1.82, 2.24) is 14.4 Å². The molecule has 5 heteroatoms. The fourth-order valence-electron chi connectivity index (χ4n) is 2.91. The van der Waals surface area contributed by atoms with Gasteiger partial charge in [0.25, 0.3) is 0 Å². The summed E-state index contributed by atoms with van der Waals surface area (Å²) in [5.74, 6) is 2.32. The molecule has 0 atom stereocenters. The first kappa shape index (κ1) is 16.1. The number of nitrogens with zero attached hydrogens (tertiary/aromatic N) is 3. The van der Waals surface area contributed by atoms with Gasteiger partial charge in [0, 0.05) is 17.6 Å². The Morgan fingerprint density at radius 2 is 1.73 bits per heavy atom. The molecule has 1 N–H and O–H groups in total. The quantitative estimate of drug-likeness (QED) is 0.567. The molecule has 2 aromatic heterocycles. The molecule has 2 aromatic carbocycles. The molecule has 0 radical (unpaired) electrons. The second kappa shape index (κ2) is 6.88. The number of nitrogens with one attached hydrogen (secondary N) is 1. The molecule has 130 valence electrons. The Kier molecular flexibility index (Phi) is 4.27. The van der Waals surface area contributed by atoms with Crippen molar-refractivity contribution in [3.05, 3.63) is 83.9 Å². The van der Waals surface area contributed by atoms with Crippen LogP contribution in [0.1, 0.15) is 17.1 Å². The fraction of sp³-hybridized carbons (Fsp3) is 0.143. The van der Waals surface area contributed by atoms with Gasteiger partial charge >= 0.3 is 0 Å². The van der Waals surface area contributed by atoms with Gasteiger partial charge in [-0.3, -0.25) is 4.40 Å². The van der Waals surface area contributed by atoms with Gasteiger partial charge in [-0.25, -0.2) is 9.97 Å². The van der Waals surface area contributed by atoms with E-state index in [1.807, 2.05) is 72.1 Å². The first-order valence-electron chi connectivity index (χ1n) is 8.57. The van der Waals surface area contributed by atoms with Gasteiger partial charge < -0.3 is 10.1 Å². The molecule has 0 aliphatic rings. The maximum Gasteiger partial charge on any atom is 0.234 e. The molecule has 0 fully saturated rings. The summed E-state index contributed by atoms with van der Waals surface area (Å²) in [5, 5.41) is 3.42. The second-order valence-corrected chi connectivity index (χ2v) is 6.21. The summed E-state index contributed by atoms with van der Waals surface area (Å²) in [5.41, 5.74) is 3.95. The maximum atomic E-state index is 5.99. The summed E-state index contributed by atoms with van der Waals surface area (Å²) >= 11 is 0. The van der Waals surface area contributed by atoms with Crippen molar-refractivity contribution in [1.29, 1.82) is 0 Å². The van der Waals surface area contributed by atoms with Crippen LogP contribution in [0.5, 0.6) is 11.5 Å². The third-order valence-electron chi connectivity index (χ3n) is 4.13. The van der Waals surface area contributed by atoms with E-state index in [9.17, 15) is 0 Å². The lowest BCUT2D eigenvalue weighted by Gasteiger charge is -2.12. The van der Waals surface area contributed by atoms with Gasteiger partial charge in [0.05, 0.1) is 17.9 Å². The zero-order valence-corrected chi connectivity index (χ0v) is 14.8. The Labute approximate surface area is 152 Å². The highest BCUT2D eigenvalue weighted by Crippen LogP contribution is 2.29. The lowest BCUT2D eigenvalue weighted by atomic mass is 10.2. The first-order valence-corrected chi connectivity index (χ1v) is 8.57. The maximum absolute atomic E-state index is 5.99. The molecule has 4 aromatic rings. The normalized spacial score (nSPS) is 10.8. The standard InChI is InChI=1S/C21H20N4O/c1-15-12-16(2)25-14-17(24-21(25)23-15)13-22-19-10-6-7-11-20(19)26-18-8-4-3-5-9-18/h3-12,14,22H,13H2,1-2H3. The van der Waals surface area contributed by atoms with Crippen LogP contribution in [0.15, 0.2) is 66.9 Å². The Hall–Kier alpha value is -3.34. The molecule has 0 amide bonds. The SMILES string of the molecule is Cc1cc(C)n2cc(CNc3ccccc3Oc3ccccc3)nc2n1. The molecule has 4 rings (SSSR count). The predicted molar refractivity (Wildman–Crippen MR) is 103 cm³/mol. The van der Waals surface area contributed by atoms with Crippen molar-refractivity contribution in [2.75, 3.05) is 5.32 Å². The Morgan fingerprint density at radius 3 is 2.58 bits per heavy atom. The van der Waals surface area contributed by atoms with Gasteiger partial charge in [0.15, 0.2) is 5.75 Å². The number of aryl methyl sites for hydroxylation is 2.